The van der Waals surface area contributed by atoms with Gasteiger partial charge in [0.25, 0.3) is 5.69 Å². The molecular weight excluding hydrogens is 232 g/mol. The Balaban J connectivity index is 2.21. The number of nitro groups is 1. The maximum absolute atomic E-state index is 10.9. The van der Waals surface area contributed by atoms with Gasteiger partial charge in [0.2, 0.25) is 0 Å². The smallest absolute Gasteiger partial charge is 0.276 e. The van der Waals surface area contributed by atoms with Crippen LogP contribution in [0.2, 0.25) is 0 Å². The predicted octanol–water partition coefficient (Wildman–Crippen LogP) is 2.34. The van der Waals surface area contributed by atoms with Crippen LogP contribution in [-0.2, 0) is 0 Å². The third-order valence-electron chi connectivity index (χ3n) is 3.27. The van der Waals surface area contributed by atoms with Crippen molar-refractivity contribution >= 4 is 5.69 Å². The topological polar surface area (TPSA) is 64.4 Å². The highest BCUT2D eigenvalue weighted by Crippen LogP contribution is 2.29. The first-order valence-corrected chi connectivity index (χ1v) is 6.21. The summed E-state index contributed by atoms with van der Waals surface area (Å²) in [5.41, 5.74) is 1.76. The van der Waals surface area contributed by atoms with Gasteiger partial charge in [-0.3, -0.25) is 10.1 Å². The first kappa shape index (κ1) is 12.8. The Bertz CT molecular complexity index is 454. The number of rotatable bonds is 3. The van der Waals surface area contributed by atoms with Crippen molar-refractivity contribution < 1.29 is 9.66 Å². The molecule has 5 nitrogen and oxygen atoms in total. The van der Waals surface area contributed by atoms with Gasteiger partial charge in [-0.1, -0.05) is 0 Å². The van der Waals surface area contributed by atoms with E-state index in [1.807, 2.05) is 13.0 Å². The summed E-state index contributed by atoms with van der Waals surface area (Å²) in [7, 11) is 0. The molecule has 1 saturated heterocycles. The summed E-state index contributed by atoms with van der Waals surface area (Å²) in [4.78, 5) is 10.6. The molecule has 1 aliphatic heterocycles. The fourth-order valence-corrected chi connectivity index (χ4v) is 2.24. The fourth-order valence-electron chi connectivity index (χ4n) is 2.24. The number of ether oxygens (including phenoxy) is 1. The molecule has 98 valence electrons. The summed E-state index contributed by atoms with van der Waals surface area (Å²) in [6.45, 7) is 5.56. The summed E-state index contributed by atoms with van der Waals surface area (Å²) in [6, 6.07) is 3.36. The molecule has 5 heteroatoms. The molecule has 0 bridgehead atoms. The molecule has 0 radical (unpaired) electrons. The highest BCUT2D eigenvalue weighted by atomic mass is 16.6. The molecule has 2 rings (SSSR count). The molecule has 1 N–H and O–H groups in total. The van der Waals surface area contributed by atoms with Crippen LogP contribution in [-0.4, -0.2) is 24.1 Å². The lowest BCUT2D eigenvalue weighted by molar-refractivity contribution is -0.385. The van der Waals surface area contributed by atoms with Crippen LogP contribution in [0.1, 0.15) is 24.0 Å². The zero-order valence-electron chi connectivity index (χ0n) is 10.7. The second kappa shape index (κ2) is 5.35. The third kappa shape index (κ3) is 2.79. The van der Waals surface area contributed by atoms with Gasteiger partial charge in [-0.25, -0.2) is 0 Å². The largest absolute Gasteiger partial charge is 0.490 e. The number of benzene rings is 1. The molecule has 18 heavy (non-hydrogen) atoms. The first-order chi connectivity index (χ1) is 8.58. The lowest BCUT2D eigenvalue weighted by atomic mass is 10.1. The minimum atomic E-state index is -0.357. The molecule has 0 saturated carbocycles. The molecule has 1 heterocycles. The summed E-state index contributed by atoms with van der Waals surface area (Å²) >= 11 is 0. The Morgan fingerprint density at radius 1 is 1.28 bits per heavy atom. The minimum Gasteiger partial charge on any atom is -0.490 e. The fraction of sp³-hybridized carbons (Fsp3) is 0.538. The number of nitrogens with one attached hydrogen (secondary N) is 1. The number of aryl methyl sites for hydroxylation is 2. The molecule has 1 aromatic rings. The molecule has 1 aromatic carbocycles. The van der Waals surface area contributed by atoms with Crippen molar-refractivity contribution in [2.45, 2.75) is 32.8 Å². The third-order valence-corrected chi connectivity index (χ3v) is 3.27. The minimum absolute atomic E-state index is 0.129. The van der Waals surface area contributed by atoms with E-state index in [1.165, 1.54) is 0 Å². The molecular formula is C13H18N2O3. The van der Waals surface area contributed by atoms with Crippen molar-refractivity contribution in [3.05, 3.63) is 33.4 Å². The van der Waals surface area contributed by atoms with E-state index in [9.17, 15) is 10.1 Å². The number of piperidine rings is 1. The highest BCUT2D eigenvalue weighted by molar-refractivity contribution is 5.49. The number of hydrogen-bond donors (Lipinski definition) is 1. The second-order valence-corrected chi connectivity index (χ2v) is 4.73. The summed E-state index contributed by atoms with van der Waals surface area (Å²) in [6.07, 6.45) is 2.05. The maximum Gasteiger partial charge on any atom is 0.276 e. The van der Waals surface area contributed by atoms with E-state index in [0.717, 1.165) is 31.5 Å². The SMILES string of the molecule is Cc1cc(C)c([N+](=O)[O-])cc1OC1CCNCC1. The monoisotopic (exact) mass is 250 g/mol. The molecule has 0 aliphatic carbocycles. The van der Waals surface area contributed by atoms with Crippen molar-refractivity contribution in [2.24, 2.45) is 0 Å². The second-order valence-electron chi connectivity index (χ2n) is 4.73. The zero-order chi connectivity index (χ0) is 13.1. The Hall–Kier alpha value is -1.62. The van der Waals surface area contributed by atoms with Gasteiger partial charge in [0.05, 0.1) is 11.0 Å². The Morgan fingerprint density at radius 2 is 1.94 bits per heavy atom. The molecule has 0 amide bonds. The van der Waals surface area contributed by atoms with E-state index >= 15 is 0 Å². The van der Waals surface area contributed by atoms with Crippen molar-refractivity contribution in [1.29, 1.82) is 0 Å². The van der Waals surface area contributed by atoms with Gasteiger partial charge < -0.3 is 10.1 Å². The standard InChI is InChI=1S/C13H18N2O3/c1-9-7-10(2)13(8-12(9)15(16)17)18-11-3-5-14-6-4-11/h7-8,11,14H,3-6H2,1-2H3. The predicted molar refractivity (Wildman–Crippen MR) is 69.1 cm³/mol. The Kier molecular flexibility index (Phi) is 3.81. The van der Waals surface area contributed by atoms with Gasteiger partial charge in [-0.05, 0) is 51.4 Å². The van der Waals surface area contributed by atoms with Gasteiger partial charge in [0.15, 0.2) is 0 Å². The average molecular weight is 250 g/mol. The Morgan fingerprint density at radius 3 is 2.56 bits per heavy atom. The average Bonchev–Trinajstić information content (AvgIpc) is 2.33. The summed E-state index contributed by atoms with van der Waals surface area (Å²) in [5, 5.41) is 14.2. The van der Waals surface area contributed by atoms with Crippen LogP contribution in [0.3, 0.4) is 0 Å². The van der Waals surface area contributed by atoms with Crippen molar-refractivity contribution in [2.75, 3.05) is 13.1 Å². The highest BCUT2D eigenvalue weighted by Gasteiger charge is 2.19. The number of nitrogens with zero attached hydrogens (tertiary/aromatic N) is 1. The molecule has 0 atom stereocenters. The summed E-state index contributed by atoms with van der Waals surface area (Å²) < 4.78 is 5.89. The van der Waals surface area contributed by atoms with Crippen LogP contribution in [0.25, 0.3) is 0 Å². The van der Waals surface area contributed by atoms with E-state index < -0.39 is 0 Å². The lowest BCUT2D eigenvalue weighted by Crippen LogP contribution is -2.34. The molecule has 1 fully saturated rings. The van der Waals surface area contributed by atoms with Crippen LogP contribution >= 0.6 is 0 Å². The Labute approximate surface area is 106 Å². The summed E-state index contributed by atoms with van der Waals surface area (Å²) in [5.74, 6) is 0.638. The first-order valence-electron chi connectivity index (χ1n) is 6.21. The van der Waals surface area contributed by atoms with Gasteiger partial charge in [0, 0.05) is 5.56 Å². The van der Waals surface area contributed by atoms with E-state index in [1.54, 1.807) is 13.0 Å². The van der Waals surface area contributed by atoms with Gasteiger partial charge in [-0.15, -0.1) is 0 Å². The molecule has 0 aromatic heterocycles. The molecule has 0 spiro atoms. The molecule has 0 unspecified atom stereocenters. The maximum atomic E-state index is 10.9. The number of nitro benzene ring substituents is 1. The van der Waals surface area contributed by atoms with E-state index in [-0.39, 0.29) is 16.7 Å². The van der Waals surface area contributed by atoms with Crippen LogP contribution in [0.15, 0.2) is 12.1 Å². The zero-order valence-corrected chi connectivity index (χ0v) is 10.7. The van der Waals surface area contributed by atoms with E-state index in [4.69, 9.17) is 4.74 Å². The lowest BCUT2D eigenvalue weighted by Gasteiger charge is -2.24. The van der Waals surface area contributed by atoms with Crippen LogP contribution in [0.5, 0.6) is 5.75 Å². The normalized spacial score (nSPS) is 16.6. The van der Waals surface area contributed by atoms with Gasteiger partial charge in [-0.2, -0.15) is 0 Å². The van der Waals surface area contributed by atoms with E-state index in [2.05, 4.69) is 5.32 Å². The van der Waals surface area contributed by atoms with Crippen molar-refractivity contribution in [3.8, 4) is 5.75 Å². The van der Waals surface area contributed by atoms with Crippen LogP contribution in [0.4, 0.5) is 5.69 Å². The number of hydrogen-bond acceptors (Lipinski definition) is 4. The van der Waals surface area contributed by atoms with Crippen LogP contribution in [0, 0.1) is 24.0 Å². The van der Waals surface area contributed by atoms with Gasteiger partial charge in [0.1, 0.15) is 11.9 Å². The van der Waals surface area contributed by atoms with Crippen LogP contribution < -0.4 is 10.1 Å². The van der Waals surface area contributed by atoms with Crippen molar-refractivity contribution in [3.63, 3.8) is 0 Å². The van der Waals surface area contributed by atoms with Gasteiger partial charge >= 0.3 is 0 Å². The quantitative estimate of drug-likeness (QED) is 0.660. The van der Waals surface area contributed by atoms with E-state index in [0.29, 0.717) is 11.3 Å². The van der Waals surface area contributed by atoms with Crippen molar-refractivity contribution in [1.82, 2.24) is 5.32 Å². The molecule has 1 aliphatic rings.